The summed E-state index contributed by atoms with van der Waals surface area (Å²) in [6.07, 6.45) is 3.89. The van der Waals surface area contributed by atoms with Crippen LogP contribution >= 0.6 is 0 Å². The minimum atomic E-state index is -0.511. The molecule has 222 valence electrons. The van der Waals surface area contributed by atoms with Crippen molar-refractivity contribution in [2.45, 2.75) is 57.8 Å². The number of rotatable bonds is 4. The van der Waals surface area contributed by atoms with E-state index in [-0.39, 0.29) is 10.8 Å². The molecule has 6 aromatic rings. The van der Waals surface area contributed by atoms with Crippen LogP contribution in [0.15, 0.2) is 134 Å². The lowest BCUT2D eigenvalue weighted by atomic mass is 9.67. The van der Waals surface area contributed by atoms with Gasteiger partial charge < -0.3 is 0 Å². The molecule has 0 fully saturated rings. The average molecular weight is 585 g/mol. The molecule has 7 rings (SSSR count). The molecule has 0 spiro atoms. The van der Waals surface area contributed by atoms with Gasteiger partial charge in [0.05, 0.1) is 16.8 Å². The number of benzene rings is 4. The molecule has 0 amide bonds. The highest BCUT2D eigenvalue weighted by molar-refractivity contribution is 5.87. The van der Waals surface area contributed by atoms with Crippen molar-refractivity contribution in [3.8, 4) is 33.6 Å². The van der Waals surface area contributed by atoms with Crippen LogP contribution in [0.2, 0.25) is 0 Å². The number of fused-ring (bicyclic) bond motifs is 3. The van der Waals surface area contributed by atoms with Gasteiger partial charge >= 0.3 is 0 Å². The second-order valence-corrected chi connectivity index (χ2v) is 14.4. The van der Waals surface area contributed by atoms with Crippen molar-refractivity contribution < 1.29 is 0 Å². The number of hydrogen-bond donors (Lipinski definition) is 0. The lowest BCUT2D eigenvalue weighted by Gasteiger charge is -2.34. The van der Waals surface area contributed by atoms with Gasteiger partial charge in [0.1, 0.15) is 0 Å². The van der Waals surface area contributed by atoms with Crippen LogP contribution in [0, 0.1) is 0 Å². The van der Waals surface area contributed by atoms with Gasteiger partial charge in [0.25, 0.3) is 0 Å². The summed E-state index contributed by atoms with van der Waals surface area (Å²) in [4.78, 5) is 9.70. The zero-order valence-corrected chi connectivity index (χ0v) is 27.1. The Morgan fingerprint density at radius 2 is 0.867 bits per heavy atom. The van der Waals surface area contributed by atoms with Gasteiger partial charge in [-0.3, -0.25) is 9.97 Å². The van der Waals surface area contributed by atoms with Gasteiger partial charge in [-0.15, -0.1) is 0 Å². The Kier molecular flexibility index (Phi) is 6.85. The standard InChI is InChI=1S/C43H40N2/c1-41(2,3)31-21-23-44-39(27-31)29-13-11-15-33(25-29)43(37-19-9-7-17-35(37)36-18-8-10-20-38(36)43)34-16-12-14-30(26-34)40-28-32(22-24-45-40)42(4,5)6/h7-28H,1-6H3. The van der Waals surface area contributed by atoms with Crippen LogP contribution in [0.5, 0.6) is 0 Å². The molecule has 0 saturated heterocycles. The number of aromatic nitrogens is 2. The van der Waals surface area contributed by atoms with Gasteiger partial charge in [-0.25, -0.2) is 0 Å². The minimum Gasteiger partial charge on any atom is -0.256 e. The Morgan fingerprint density at radius 1 is 0.444 bits per heavy atom. The maximum Gasteiger partial charge on any atom is 0.0714 e. The molecule has 0 aliphatic heterocycles. The zero-order chi connectivity index (χ0) is 31.4. The van der Waals surface area contributed by atoms with Crippen molar-refractivity contribution in [2.75, 3.05) is 0 Å². The summed E-state index contributed by atoms with van der Waals surface area (Å²) in [7, 11) is 0. The predicted octanol–water partition coefficient (Wildman–Crippen LogP) is 10.8. The molecule has 0 unspecified atom stereocenters. The third-order valence-electron chi connectivity index (χ3n) is 9.39. The fraction of sp³-hybridized carbons (Fsp3) is 0.209. The van der Waals surface area contributed by atoms with Crippen molar-refractivity contribution in [3.63, 3.8) is 0 Å². The fourth-order valence-corrected chi connectivity index (χ4v) is 6.96. The summed E-state index contributed by atoms with van der Waals surface area (Å²) in [6, 6.07) is 44.7. The van der Waals surface area contributed by atoms with E-state index in [1.807, 2.05) is 12.4 Å². The fourth-order valence-electron chi connectivity index (χ4n) is 6.96. The summed E-state index contributed by atoms with van der Waals surface area (Å²) >= 11 is 0. The Balaban J connectivity index is 1.49. The first-order chi connectivity index (χ1) is 21.6. The topological polar surface area (TPSA) is 25.8 Å². The first kappa shape index (κ1) is 28.9. The Bertz CT molecular complexity index is 1890. The largest absolute Gasteiger partial charge is 0.256 e. The molecule has 1 aliphatic carbocycles. The SMILES string of the molecule is CC(C)(C)c1ccnc(-c2cccc(C3(c4cccc(-c5cc(C(C)(C)C)ccn5)c4)c4ccccc4-c4ccccc43)c2)c1. The molecule has 45 heavy (non-hydrogen) atoms. The highest BCUT2D eigenvalue weighted by atomic mass is 14.7. The number of hydrogen-bond acceptors (Lipinski definition) is 2. The molecular weight excluding hydrogens is 544 g/mol. The molecule has 0 atom stereocenters. The van der Waals surface area contributed by atoms with Crippen LogP contribution in [0.25, 0.3) is 33.6 Å². The van der Waals surface area contributed by atoms with Crippen molar-refractivity contribution in [2.24, 2.45) is 0 Å². The second kappa shape index (κ2) is 10.7. The first-order valence-corrected chi connectivity index (χ1v) is 15.9. The Morgan fingerprint density at radius 3 is 1.29 bits per heavy atom. The third-order valence-corrected chi connectivity index (χ3v) is 9.39. The molecule has 1 aliphatic rings. The average Bonchev–Trinajstić information content (AvgIpc) is 3.35. The second-order valence-electron chi connectivity index (χ2n) is 14.4. The molecule has 0 bridgehead atoms. The first-order valence-electron chi connectivity index (χ1n) is 15.9. The van der Waals surface area contributed by atoms with Gasteiger partial charge in [0, 0.05) is 23.5 Å². The lowest BCUT2D eigenvalue weighted by molar-refractivity contribution is 0.589. The smallest absolute Gasteiger partial charge is 0.0714 e. The summed E-state index contributed by atoms with van der Waals surface area (Å²) in [5, 5.41) is 0. The van der Waals surface area contributed by atoms with Gasteiger partial charge in [0.2, 0.25) is 0 Å². The molecule has 0 N–H and O–H groups in total. The van der Waals surface area contributed by atoms with Gasteiger partial charge in [-0.1, -0.05) is 126 Å². The molecule has 2 heteroatoms. The number of pyridine rings is 2. The maximum absolute atomic E-state index is 4.85. The van der Waals surface area contributed by atoms with Gasteiger partial charge in [-0.05, 0) is 91.7 Å². The minimum absolute atomic E-state index is 0.0403. The van der Waals surface area contributed by atoms with Gasteiger partial charge in [0.15, 0.2) is 0 Å². The maximum atomic E-state index is 4.85. The van der Waals surface area contributed by atoms with Crippen LogP contribution in [0.1, 0.15) is 74.9 Å². The van der Waals surface area contributed by atoms with Crippen molar-refractivity contribution >= 4 is 0 Å². The normalized spacial score (nSPS) is 13.7. The van der Waals surface area contributed by atoms with E-state index >= 15 is 0 Å². The van der Waals surface area contributed by atoms with E-state index in [0.717, 1.165) is 22.5 Å². The molecule has 0 saturated carbocycles. The summed E-state index contributed by atoms with van der Waals surface area (Å²) < 4.78 is 0. The number of nitrogens with zero attached hydrogens (tertiary/aromatic N) is 2. The summed E-state index contributed by atoms with van der Waals surface area (Å²) in [5.41, 5.74) is 14.0. The quantitative estimate of drug-likeness (QED) is 0.206. The zero-order valence-electron chi connectivity index (χ0n) is 27.1. The van der Waals surface area contributed by atoms with E-state index in [4.69, 9.17) is 9.97 Å². The molecule has 4 aromatic carbocycles. The van der Waals surface area contributed by atoms with Gasteiger partial charge in [-0.2, -0.15) is 0 Å². The van der Waals surface area contributed by atoms with Crippen LogP contribution < -0.4 is 0 Å². The summed E-state index contributed by atoms with van der Waals surface area (Å²) in [6.45, 7) is 13.5. The molecular formula is C43H40N2. The van der Waals surface area contributed by atoms with E-state index in [0.29, 0.717) is 0 Å². The van der Waals surface area contributed by atoms with Crippen LogP contribution in [-0.2, 0) is 16.2 Å². The van der Waals surface area contributed by atoms with Crippen LogP contribution in [0.4, 0.5) is 0 Å². The Labute approximate surface area is 267 Å². The molecule has 0 radical (unpaired) electrons. The third kappa shape index (κ3) is 4.90. The van der Waals surface area contributed by atoms with Crippen molar-refractivity contribution in [3.05, 3.63) is 167 Å². The van der Waals surface area contributed by atoms with E-state index in [1.165, 1.54) is 44.5 Å². The molecule has 2 heterocycles. The Hall–Kier alpha value is -4.82. The predicted molar refractivity (Wildman–Crippen MR) is 188 cm³/mol. The van der Waals surface area contributed by atoms with E-state index < -0.39 is 5.41 Å². The van der Waals surface area contributed by atoms with Crippen molar-refractivity contribution in [1.82, 2.24) is 9.97 Å². The molecule has 2 aromatic heterocycles. The highest BCUT2D eigenvalue weighted by Gasteiger charge is 2.46. The van der Waals surface area contributed by atoms with Crippen LogP contribution in [-0.4, -0.2) is 9.97 Å². The molecule has 2 nitrogen and oxygen atoms in total. The summed E-state index contributed by atoms with van der Waals surface area (Å²) in [5.74, 6) is 0. The van der Waals surface area contributed by atoms with E-state index in [9.17, 15) is 0 Å². The van der Waals surface area contributed by atoms with E-state index in [2.05, 4.69) is 163 Å². The van der Waals surface area contributed by atoms with E-state index in [1.54, 1.807) is 0 Å². The lowest BCUT2D eigenvalue weighted by Crippen LogP contribution is -2.28. The van der Waals surface area contributed by atoms with Crippen LogP contribution in [0.3, 0.4) is 0 Å². The van der Waals surface area contributed by atoms with Crippen molar-refractivity contribution in [1.29, 1.82) is 0 Å². The highest BCUT2D eigenvalue weighted by Crippen LogP contribution is 2.56. The monoisotopic (exact) mass is 584 g/mol.